The summed E-state index contributed by atoms with van der Waals surface area (Å²) in [7, 11) is -3.51. The molecule has 21 heavy (non-hydrogen) atoms. The van der Waals surface area contributed by atoms with E-state index in [2.05, 4.69) is 4.72 Å². The second-order valence-electron chi connectivity index (χ2n) is 5.66. The molecule has 0 atom stereocenters. The van der Waals surface area contributed by atoms with Crippen LogP contribution in [0.4, 0.5) is 0 Å². The van der Waals surface area contributed by atoms with Crippen LogP contribution in [0.15, 0.2) is 23.1 Å². The highest BCUT2D eigenvalue weighted by atomic mass is 32.2. The van der Waals surface area contributed by atoms with Gasteiger partial charge in [0, 0.05) is 13.2 Å². The Morgan fingerprint density at radius 3 is 2.62 bits per heavy atom. The van der Waals surface area contributed by atoms with Crippen LogP contribution < -0.4 is 9.46 Å². The van der Waals surface area contributed by atoms with Crippen molar-refractivity contribution in [3.05, 3.63) is 23.8 Å². The lowest BCUT2D eigenvalue weighted by atomic mass is 10.0. The van der Waals surface area contributed by atoms with Crippen molar-refractivity contribution >= 4 is 10.0 Å². The number of aliphatic hydroxyl groups is 1. The standard InChI is InChI=1S/C15H23NO4S/c1-3-20-14-5-4-13(10-12(14)2)21(18,19)16-11-15(6-7-15)8-9-17/h4-5,10,16-17H,3,6-9,11H2,1-2H3. The zero-order chi connectivity index (χ0) is 15.5. The van der Waals surface area contributed by atoms with Crippen LogP contribution in [0, 0.1) is 12.3 Å². The molecule has 5 nitrogen and oxygen atoms in total. The topological polar surface area (TPSA) is 75.6 Å². The second-order valence-corrected chi connectivity index (χ2v) is 7.43. The summed E-state index contributed by atoms with van der Waals surface area (Å²) in [6.45, 7) is 4.76. The van der Waals surface area contributed by atoms with E-state index in [9.17, 15) is 8.42 Å². The molecule has 1 aromatic rings. The highest BCUT2D eigenvalue weighted by molar-refractivity contribution is 7.89. The Balaban J connectivity index is 2.07. The molecule has 0 amide bonds. The smallest absolute Gasteiger partial charge is 0.240 e. The number of aryl methyl sites for hydroxylation is 1. The summed E-state index contributed by atoms with van der Waals surface area (Å²) < 4.78 is 32.7. The molecule has 2 rings (SSSR count). The van der Waals surface area contributed by atoms with Gasteiger partial charge in [0.25, 0.3) is 0 Å². The quantitative estimate of drug-likeness (QED) is 0.768. The monoisotopic (exact) mass is 313 g/mol. The van der Waals surface area contributed by atoms with E-state index >= 15 is 0 Å². The Morgan fingerprint density at radius 1 is 1.38 bits per heavy atom. The van der Waals surface area contributed by atoms with Crippen molar-refractivity contribution in [1.82, 2.24) is 4.72 Å². The molecule has 0 heterocycles. The molecule has 1 aliphatic carbocycles. The SMILES string of the molecule is CCOc1ccc(S(=O)(=O)NCC2(CCO)CC2)cc1C. The van der Waals surface area contributed by atoms with E-state index in [0.29, 0.717) is 25.3 Å². The largest absolute Gasteiger partial charge is 0.494 e. The number of rotatable bonds is 8. The highest BCUT2D eigenvalue weighted by Crippen LogP contribution is 2.48. The molecule has 1 fully saturated rings. The Bertz CT molecular complexity index is 594. The van der Waals surface area contributed by atoms with Gasteiger partial charge in [-0.05, 0) is 62.3 Å². The maximum Gasteiger partial charge on any atom is 0.240 e. The van der Waals surface area contributed by atoms with E-state index in [-0.39, 0.29) is 16.9 Å². The minimum atomic E-state index is -3.51. The molecule has 0 saturated heterocycles. The zero-order valence-corrected chi connectivity index (χ0v) is 13.4. The average Bonchev–Trinajstić information content (AvgIpc) is 3.20. The molecular weight excluding hydrogens is 290 g/mol. The van der Waals surface area contributed by atoms with Crippen molar-refractivity contribution in [2.75, 3.05) is 19.8 Å². The first kappa shape index (κ1) is 16.3. The number of ether oxygens (including phenoxy) is 1. The summed E-state index contributed by atoms with van der Waals surface area (Å²) in [6.07, 6.45) is 2.59. The van der Waals surface area contributed by atoms with Gasteiger partial charge in [-0.3, -0.25) is 0 Å². The average molecular weight is 313 g/mol. The molecule has 0 bridgehead atoms. The summed E-state index contributed by atoms with van der Waals surface area (Å²) >= 11 is 0. The molecule has 1 aromatic carbocycles. The molecule has 1 saturated carbocycles. The molecule has 1 aliphatic rings. The van der Waals surface area contributed by atoms with Gasteiger partial charge in [-0.15, -0.1) is 0 Å². The molecular formula is C15H23NO4S. The number of nitrogens with one attached hydrogen (secondary N) is 1. The Labute approximate surface area is 126 Å². The number of sulfonamides is 1. The first-order valence-corrected chi connectivity index (χ1v) is 8.75. The van der Waals surface area contributed by atoms with E-state index < -0.39 is 10.0 Å². The Kier molecular flexibility index (Phi) is 4.91. The lowest BCUT2D eigenvalue weighted by molar-refractivity contribution is 0.249. The number of hydrogen-bond donors (Lipinski definition) is 2. The molecule has 118 valence electrons. The van der Waals surface area contributed by atoms with E-state index in [0.717, 1.165) is 18.4 Å². The molecule has 2 N–H and O–H groups in total. The van der Waals surface area contributed by atoms with Crippen molar-refractivity contribution in [2.45, 2.75) is 38.0 Å². The van der Waals surface area contributed by atoms with Crippen LogP contribution in [-0.4, -0.2) is 33.3 Å². The van der Waals surface area contributed by atoms with Crippen molar-refractivity contribution in [2.24, 2.45) is 5.41 Å². The van der Waals surface area contributed by atoms with Crippen molar-refractivity contribution in [3.8, 4) is 5.75 Å². The second kappa shape index (κ2) is 6.34. The summed E-state index contributed by atoms with van der Waals surface area (Å²) in [5, 5.41) is 9.01. The van der Waals surface area contributed by atoms with Crippen LogP contribution >= 0.6 is 0 Å². The summed E-state index contributed by atoms with van der Waals surface area (Å²) in [5.74, 6) is 0.704. The normalized spacial score (nSPS) is 16.7. The Morgan fingerprint density at radius 2 is 2.10 bits per heavy atom. The van der Waals surface area contributed by atoms with Gasteiger partial charge in [-0.25, -0.2) is 13.1 Å². The van der Waals surface area contributed by atoms with Gasteiger partial charge < -0.3 is 9.84 Å². The molecule has 0 unspecified atom stereocenters. The van der Waals surface area contributed by atoms with Gasteiger partial charge in [0.2, 0.25) is 10.0 Å². The zero-order valence-electron chi connectivity index (χ0n) is 12.6. The minimum absolute atomic E-state index is 0.0396. The fourth-order valence-electron chi connectivity index (χ4n) is 2.37. The summed E-state index contributed by atoms with van der Waals surface area (Å²) in [6, 6.07) is 4.87. The van der Waals surface area contributed by atoms with E-state index in [1.54, 1.807) is 18.2 Å². The molecule has 0 spiro atoms. The van der Waals surface area contributed by atoms with Gasteiger partial charge in [-0.1, -0.05) is 0 Å². The molecule has 6 heteroatoms. The van der Waals surface area contributed by atoms with Gasteiger partial charge in [-0.2, -0.15) is 0 Å². The predicted octanol–water partition coefficient (Wildman–Crippen LogP) is 1.83. The van der Waals surface area contributed by atoms with Crippen LogP contribution in [0.3, 0.4) is 0 Å². The minimum Gasteiger partial charge on any atom is -0.494 e. The van der Waals surface area contributed by atoms with Gasteiger partial charge in [0.1, 0.15) is 5.75 Å². The Hall–Kier alpha value is -1.11. The summed E-state index contributed by atoms with van der Waals surface area (Å²) in [4.78, 5) is 0.253. The lowest BCUT2D eigenvalue weighted by Gasteiger charge is -2.15. The first-order chi connectivity index (χ1) is 9.92. The van der Waals surface area contributed by atoms with Crippen molar-refractivity contribution < 1.29 is 18.3 Å². The van der Waals surface area contributed by atoms with Crippen molar-refractivity contribution in [1.29, 1.82) is 0 Å². The first-order valence-electron chi connectivity index (χ1n) is 7.26. The highest BCUT2D eigenvalue weighted by Gasteiger charge is 2.42. The number of aliphatic hydroxyl groups excluding tert-OH is 1. The lowest BCUT2D eigenvalue weighted by Crippen LogP contribution is -2.30. The third-order valence-electron chi connectivity index (χ3n) is 3.99. The van der Waals surface area contributed by atoms with E-state index in [1.165, 1.54) is 0 Å². The van der Waals surface area contributed by atoms with Gasteiger partial charge in [0.15, 0.2) is 0 Å². The maximum atomic E-state index is 12.3. The van der Waals surface area contributed by atoms with Crippen LogP contribution in [0.25, 0.3) is 0 Å². The maximum absolute atomic E-state index is 12.3. The van der Waals surface area contributed by atoms with Gasteiger partial charge in [0.05, 0.1) is 11.5 Å². The molecule has 0 aromatic heterocycles. The van der Waals surface area contributed by atoms with Crippen LogP contribution in [0.2, 0.25) is 0 Å². The van der Waals surface area contributed by atoms with E-state index in [1.807, 2.05) is 13.8 Å². The van der Waals surface area contributed by atoms with E-state index in [4.69, 9.17) is 9.84 Å². The van der Waals surface area contributed by atoms with Crippen molar-refractivity contribution in [3.63, 3.8) is 0 Å². The molecule has 0 radical (unpaired) electrons. The fourth-order valence-corrected chi connectivity index (χ4v) is 3.61. The predicted molar refractivity (Wildman–Crippen MR) is 80.9 cm³/mol. The fraction of sp³-hybridized carbons (Fsp3) is 0.600. The number of benzene rings is 1. The van der Waals surface area contributed by atoms with Crippen LogP contribution in [-0.2, 0) is 10.0 Å². The van der Waals surface area contributed by atoms with Crippen LogP contribution in [0.1, 0.15) is 31.7 Å². The summed E-state index contributed by atoms with van der Waals surface area (Å²) in [5.41, 5.74) is 0.762. The third kappa shape index (κ3) is 3.96. The van der Waals surface area contributed by atoms with Crippen LogP contribution in [0.5, 0.6) is 5.75 Å². The third-order valence-corrected chi connectivity index (χ3v) is 5.39. The number of hydrogen-bond acceptors (Lipinski definition) is 4. The molecule has 0 aliphatic heterocycles. The van der Waals surface area contributed by atoms with Gasteiger partial charge >= 0.3 is 0 Å².